The number of nitrogen functional groups attached to an aromatic ring is 1. The molecule has 0 atom stereocenters. The fourth-order valence-electron chi connectivity index (χ4n) is 3.82. The molecule has 132 valence electrons. The smallest absolute Gasteiger partial charge is 0.258 e. The van der Waals surface area contributed by atoms with E-state index in [1.54, 1.807) is 0 Å². The van der Waals surface area contributed by atoms with E-state index in [1.165, 1.54) is 11.1 Å². The first-order valence-electron chi connectivity index (χ1n) is 9.09. The van der Waals surface area contributed by atoms with Gasteiger partial charge in [-0.15, -0.1) is 0 Å². The number of hydrogen-bond donors (Lipinski definition) is 1. The second-order valence-electron chi connectivity index (χ2n) is 7.09. The van der Waals surface area contributed by atoms with E-state index < -0.39 is 0 Å². The molecule has 1 aromatic heterocycles. The first kappa shape index (κ1) is 16.6. The highest BCUT2D eigenvalue weighted by Gasteiger charge is 2.31. The van der Waals surface area contributed by atoms with Crippen LogP contribution in [0.3, 0.4) is 0 Å². The average molecular weight is 345 g/mol. The van der Waals surface area contributed by atoms with Crippen LogP contribution in [-0.4, -0.2) is 22.3 Å². The van der Waals surface area contributed by atoms with Crippen LogP contribution in [0.5, 0.6) is 0 Å². The number of aromatic nitrogens is 1. The number of aryl methyl sites for hydroxylation is 2. The van der Waals surface area contributed by atoms with Crippen molar-refractivity contribution in [2.24, 2.45) is 0 Å². The number of benzene rings is 2. The van der Waals surface area contributed by atoms with E-state index in [4.69, 9.17) is 10.7 Å². The van der Waals surface area contributed by atoms with Crippen molar-refractivity contribution in [3.63, 3.8) is 0 Å². The number of anilines is 1. The van der Waals surface area contributed by atoms with Crippen LogP contribution in [0.2, 0.25) is 0 Å². The molecule has 2 aromatic carbocycles. The number of carbonyl (C=O) groups excluding carboxylic acids is 1. The van der Waals surface area contributed by atoms with Crippen molar-refractivity contribution in [2.45, 2.75) is 33.7 Å². The molecule has 0 aliphatic carbocycles. The number of amides is 1. The largest absolute Gasteiger partial charge is 0.397 e. The van der Waals surface area contributed by atoms with Crippen LogP contribution in [0, 0.1) is 13.8 Å². The van der Waals surface area contributed by atoms with Crippen molar-refractivity contribution in [2.75, 3.05) is 12.3 Å². The number of nitrogens with two attached hydrogens (primary N) is 1. The summed E-state index contributed by atoms with van der Waals surface area (Å²) in [6.45, 7) is 7.55. The van der Waals surface area contributed by atoms with Gasteiger partial charge in [0, 0.05) is 17.5 Å². The zero-order valence-electron chi connectivity index (χ0n) is 15.5. The van der Waals surface area contributed by atoms with Crippen LogP contribution < -0.4 is 5.73 Å². The van der Waals surface area contributed by atoms with Crippen LogP contribution in [-0.2, 0) is 6.54 Å². The van der Waals surface area contributed by atoms with Gasteiger partial charge >= 0.3 is 0 Å². The van der Waals surface area contributed by atoms with Crippen molar-refractivity contribution in [1.82, 2.24) is 9.88 Å². The zero-order chi connectivity index (χ0) is 18.4. The molecule has 2 N–H and O–H groups in total. The third-order valence-electron chi connectivity index (χ3n) is 5.15. The standard InChI is InChI=1S/C22H23N3O/c1-4-10-25-12-18-19(22(25)26)20(23)16-7-5-6-15(21(16)24-18)17-11-13(2)8-9-14(17)3/h5-9,11H,4,10,12H2,1-3H3,(H2,23,24). The molecule has 4 rings (SSSR count). The number of pyridine rings is 1. The van der Waals surface area contributed by atoms with Crippen LogP contribution >= 0.6 is 0 Å². The lowest BCUT2D eigenvalue weighted by Crippen LogP contribution is -2.24. The minimum Gasteiger partial charge on any atom is -0.397 e. The maximum absolute atomic E-state index is 12.7. The van der Waals surface area contributed by atoms with Gasteiger partial charge in [0.2, 0.25) is 0 Å². The molecule has 1 aliphatic rings. The van der Waals surface area contributed by atoms with Gasteiger partial charge in [-0.05, 0) is 31.4 Å². The molecule has 0 saturated heterocycles. The van der Waals surface area contributed by atoms with Crippen molar-refractivity contribution in [3.05, 3.63) is 58.8 Å². The molecule has 0 bridgehead atoms. The number of para-hydroxylation sites is 1. The van der Waals surface area contributed by atoms with Crippen molar-refractivity contribution in [1.29, 1.82) is 0 Å². The molecule has 1 aliphatic heterocycles. The first-order valence-corrected chi connectivity index (χ1v) is 9.09. The highest BCUT2D eigenvalue weighted by Crippen LogP contribution is 2.37. The van der Waals surface area contributed by atoms with E-state index >= 15 is 0 Å². The molecule has 4 nitrogen and oxygen atoms in total. The minimum absolute atomic E-state index is 0.00545. The number of hydrogen-bond acceptors (Lipinski definition) is 3. The Morgan fingerprint density at radius 1 is 1.15 bits per heavy atom. The topological polar surface area (TPSA) is 59.2 Å². The van der Waals surface area contributed by atoms with Gasteiger partial charge in [-0.25, -0.2) is 4.98 Å². The molecule has 0 saturated carbocycles. The summed E-state index contributed by atoms with van der Waals surface area (Å²) in [5.41, 5.74) is 13.9. The van der Waals surface area contributed by atoms with Crippen LogP contribution in [0.4, 0.5) is 5.69 Å². The molecule has 1 amide bonds. The summed E-state index contributed by atoms with van der Waals surface area (Å²) in [4.78, 5) is 19.5. The van der Waals surface area contributed by atoms with E-state index in [0.29, 0.717) is 17.8 Å². The Hall–Kier alpha value is -2.88. The maximum Gasteiger partial charge on any atom is 0.258 e. The molecule has 26 heavy (non-hydrogen) atoms. The molecule has 0 fully saturated rings. The highest BCUT2D eigenvalue weighted by atomic mass is 16.2. The monoisotopic (exact) mass is 345 g/mol. The summed E-state index contributed by atoms with van der Waals surface area (Å²) in [7, 11) is 0. The summed E-state index contributed by atoms with van der Waals surface area (Å²) in [6, 6.07) is 12.5. The fraction of sp³-hybridized carbons (Fsp3) is 0.273. The second kappa shape index (κ2) is 6.13. The summed E-state index contributed by atoms with van der Waals surface area (Å²) in [6.07, 6.45) is 0.924. The van der Waals surface area contributed by atoms with Gasteiger partial charge in [0.1, 0.15) is 0 Å². The Morgan fingerprint density at radius 2 is 1.96 bits per heavy atom. The zero-order valence-corrected chi connectivity index (χ0v) is 15.5. The molecule has 0 unspecified atom stereocenters. The van der Waals surface area contributed by atoms with Crippen molar-refractivity contribution < 1.29 is 4.79 Å². The first-order chi connectivity index (χ1) is 12.5. The van der Waals surface area contributed by atoms with Crippen molar-refractivity contribution >= 4 is 22.5 Å². The second-order valence-corrected chi connectivity index (χ2v) is 7.09. The molecule has 0 spiro atoms. The van der Waals surface area contributed by atoms with E-state index in [2.05, 4.69) is 45.0 Å². The number of fused-ring (bicyclic) bond motifs is 2. The summed E-state index contributed by atoms with van der Waals surface area (Å²) in [5, 5.41) is 0.855. The normalized spacial score (nSPS) is 13.5. The van der Waals surface area contributed by atoms with Crippen LogP contribution in [0.25, 0.3) is 22.0 Å². The molecule has 4 heteroatoms. The van der Waals surface area contributed by atoms with E-state index in [9.17, 15) is 4.79 Å². The van der Waals surface area contributed by atoms with Gasteiger partial charge < -0.3 is 10.6 Å². The lowest BCUT2D eigenvalue weighted by molar-refractivity contribution is 0.0779. The highest BCUT2D eigenvalue weighted by molar-refractivity contribution is 6.11. The Kier molecular flexibility index (Phi) is 3.91. The van der Waals surface area contributed by atoms with E-state index in [0.717, 1.165) is 40.7 Å². The third-order valence-corrected chi connectivity index (χ3v) is 5.15. The summed E-state index contributed by atoms with van der Waals surface area (Å²) in [5.74, 6) is 0.00545. The van der Waals surface area contributed by atoms with E-state index in [1.807, 2.05) is 17.0 Å². The third kappa shape index (κ3) is 2.45. The lowest BCUT2D eigenvalue weighted by Gasteiger charge is -2.13. The quantitative estimate of drug-likeness (QED) is 0.762. The Morgan fingerprint density at radius 3 is 2.73 bits per heavy atom. The Bertz CT molecular complexity index is 1040. The van der Waals surface area contributed by atoms with E-state index in [-0.39, 0.29) is 5.91 Å². The van der Waals surface area contributed by atoms with Crippen molar-refractivity contribution in [3.8, 4) is 11.1 Å². The van der Waals surface area contributed by atoms with Gasteiger partial charge in [-0.3, -0.25) is 4.79 Å². The molecular weight excluding hydrogens is 322 g/mol. The predicted octanol–water partition coefficient (Wildman–Crippen LogP) is 4.47. The minimum atomic E-state index is 0.00545. The average Bonchev–Trinajstić information content (AvgIpc) is 2.93. The lowest BCUT2D eigenvalue weighted by atomic mass is 9.95. The summed E-state index contributed by atoms with van der Waals surface area (Å²) >= 11 is 0. The Balaban J connectivity index is 1.97. The number of rotatable bonds is 3. The Labute approximate surface area is 153 Å². The fourth-order valence-corrected chi connectivity index (χ4v) is 3.82. The predicted molar refractivity (Wildman–Crippen MR) is 106 cm³/mol. The van der Waals surface area contributed by atoms with Gasteiger partial charge in [0.15, 0.2) is 0 Å². The number of carbonyl (C=O) groups is 1. The van der Waals surface area contributed by atoms with Gasteiger partial charge in [0.05, 0.1) is 29.0 Å². The molecule has 3 aromatic rings. The molecular formula is C22H23N3O. The summed E-state index contributed by atoms with van der Waals surface area (Å²) < 4.78 is 0. The molecule has 0 radical (unpaired) electrons. The van der Waals surface area contributed by atoms with Gasteiger partial charge in [-0.2, -0.15) is 0 Å². The van der Waals surface area contributed by atoms with Crippen LogP contribution in [0.15, 0.2) is 36.4 Å². The number of nitrogens with zero attached hydrogens (tertiary/aromatic N) is 2. The van der Waals surface area contributed by atoms with Crippen LogP contribution in [0.1, 0.15) is 40.5 Å². The van der Waals surface area contributed by atoms with Gasteiger partial charge in [0.25, 0.3) is 5.91 Å². The SMILES string of the molecule is CCCN1Cc2nc3c(-c4cc(C)ccc4C)cccc3c(N)c2C1=O. The van der Waals surface area contributed by atoms with Gasteiger partial charge in [-0.1, -0.05) is 48.9 Å². The molecule has 2 heterocycles. The maximum atomic E-state index is 12.7.